The summed E-state index contributed by atoms with van der Waals surface area (Å²) in [4.78, 5) is 4.32. The summed E-state index contributed by atoms with van der Waals surface area (Å²) in [6.45, 7) is 0.0685. The summed E-state index contributed by atoms with van der Waals surface area (Å²) in [6, 6.07) is 11.3. The third-order valence-corrected chi connectivity index (χ3v) is 5.07. The lowest BCUT2D eigenvalue weighted by Gasteiger charge is -2.15. The Hall–Kier alpha value is -3.27. The SMILES string of the molecule is COCOc1cc(-c2ccc(OC3CCC(c4cccc(OC(F)(F)F)c4)C3)nc2)on1. The third-order valence-electron chi connectivity index (χ3n) is 5.07. The Labute approximate surface area is 182 Å². The van der Waals surface area contributed by atoms with Gasteiger partial charge in [-0.05, 0) is 54.1 Å². The number of benzene rings is 1. The van der Waals surface area contributed by atoms with Gasteiger partial charge in [-0.2, -0.15) is 0 Å². The molecule has 0 aliphatic heterocycles. The zero-order valence-electron chi connectivity index (χ0n) is 17.2. The minimum Gasteiger partial charge on any atom is -0.474 e. The predicted molar refractivity (Wildman–Crippen MR) is 106 cm³/mol. The zero-order valence-corrected chi connectivity index (χ0v) is 17.2. The van der Waals surface area contributed by atoms with Crippen LogP contribution in [0.1, 0.15) is 30.7 Å². The Morgan fingerprint density at radius 1 is 1.09 bits per heavy atom. The highest BCUT2D eigenvalue weighted by atomic mass is 19.4. The molecule has 1 aromatic carbocycles. The first-order valence-corrected chi connectivity index (χ1v) is 9.97. The molecule has 10 heteroatoms. The molecule has 0 N–H and O–H groups in total. The van der Waals surface area contributed by atoms with E-state index in [-0.39, 0.29) is 24.6 Å². The van der Waals surface area contributed by atoms with Crippen molar-refractivity contribution < 1.29 is 36.6 Å². The molecular formula is C22H21F3N2O5. The van der Waals surface area contributed by atoms with Crippen molar-refractivity contribution in [2.24, 2.45) is 0 Å². The molecular weight excluding hydrogens is 429 g/mol. The van der Waals surface area contributed by atoms with Gasteiger partial charge in [-0.1, -0.05) is 12.1 Å². The van der Waals surface area contributed by atoms with Gasteiger partial charge in [0, 0.05) is 31.0 Å². The molecule has 2 aromatic heterocycles. The van der Waals surface area contributed by atoms with Gasteiger partial charge in [-0.3, -0.25) is 0 Å². The first-order chi connectivity index (χ1) is 15.4. The molecule has 2 unspecified atom stereocenters. The van der Waals surface area contributed by atoms with Gasteiger partial charge < -0.3 is 23.5 Å². The molecule has 1 aliphatic rings. The smallest absolute Gasteiger partial charge is 0.474 e. The molecule has 1 fully saturated rings. The molecule has 0 spiro atoms. The highest BCUT2D eigenvalue weighted by molar-refractivity contribution is 5.57. The number of halogens is 3. The average Bonchev–Trinajstić information content (AvgIpc) is 3.42. The summed E-state index contributed by atoms with van der Waals surface area (Å²) in [5, 5.41) is 3.79. The number of hydrogen-bond donors (Lipinski definition) is 0. The molecule has 2 atom stereocenters. The molecule has 0 bridgehead atoms. The van der Waals surface area contributed by atoms with Crippen molar-refractivity contribution in [1.82, 2.24) is 10.1 Å². The molecule has 32 heavy (non-hydrogen) atoms. The van der Waals surface area contributed by atoms with Crippen LogP contribution in [0.15, 0.2) is 53.2 Å². The van der Waals surface area contributed by atoms with Crippen LogP contribution in [-0.2, 0) is 4.74 Å². The minimum atomic E-state index is -4.71. The number of hydrogen-bond acceptors (Lipinski definition) is 7. The van der Waals surface area contributed by atoms with E-state index in [1.165, 1.54) is 19.2 Å². The Kier molecular flexibility index (Phi) is 6.50. The fourth-order valence-electron chi connectivity index (χ4n) is 3.66. The molecule has 1 aliphatic carbocycles. The standard InChI is InChI=1S/C22H21F3N2O5/c1-28-13-29-21-11-19(32-27-21)16-6-8-20(26-12-16)30-17-7-5-15(9-17)14-3-2-4-18(10-14)31-22(23,24)25/h2-4,6,8,10-12,15,17H,5,7,9,13H2,1H3. The van der Waals surface area contributed by atoms with E-state index in [1.807, 2.05) is 6.07 Å². The van der Waals surface area contributed by atoms with Crippen LogP contribution in [0, 0.1) is 0 Å². The maximum Gasteiger partial charge on any atom is 0.573 e. The van der Waals surface area contributed by atoms with E-state index < -0.39 is 6.36 Å². The minimum absolute atomic E-state index is 0.0685. The van der Waals surface area contributed by atoms with E-state index in [1.54, 1.807) is 30.5 Å². The monoisotopic (exact) mass is 450 g/mol. The van der Waals surface area contributed by atoms with Crippen molar-refractivity contribution in [3.63, 3.8) is 0 Å². The first kappa shape index (κ1) is 21.9. The van der Waals surface area contributed by atoms with Gasteiger partial charge in [0.15, 0.2) is 12.6 Å². The maximum atomic E-state index is 12.5. The number of aromatic nitrogens is 2. The second kappa shape index (κ2) is 9.47. The lowest BCUT2D eigenvalue weighted by Crippen LogP contribution is -2.17. The van der Waals surface area contributed by atoms with Crippen LogP contribution >= 0.6 is 0 Å². The number of pyridine rings is 1. The second-order valence-electron chi connectivity index (χ2n) is 7.34. The topological polar surface area (TPSA) is 75.8 Å². The van der Waals surface area contributed by atoms with Gasteiger partial charge in [0.2, 0.25) is 5.88 Å². The summed E-state index contributed by atoms with van der Waals surface area (Å²) < 4.78 is 62.7. The maximum absolute atomic E-state index is 12.5. The highest BCUT2D eigenvalue weighted by Gasteiger charge is 2.32. The molecule has 2 heterocycles. The van der Waals surface area contributed by atoms with Crippen LogP contribution in [0.2, 0.25) is 0 Å². The Bertz CT molecular complexity index is 1020. The number of methoxy groups -OCH3 is 1. The Morgan fingerprint density at radius 3 is 2.72 bits per heavy atom. The van der Waals surface area contributed by atoms with E-state index in [9.17, 15) is 13.2 Å². The van der Waals surface area contributed by atoms with Crippen LogP contribution in [0.5, 0.6) is 17.5 Å². The van der Waals surface area contributed by atoms with Crippen LogP contribution in [-0.4, -0.2) is 36.5 Å². The van der Waals surface area contributed by atoms with Crippen LogP contribution < -0.4 is 14.2 Å². The van der Waals surface area contributed by atoms with Gasteiger partial charge in [0.1, 0.15) is 11.9 Å². The fourth-order valence-corrected chi connectivity index (χ4v) is 3.66. The van der Waals surface area contributed by atoms with Crippen molar-refractivity contribution in [1.29, 1.82) is 0 Å². The van der Waals surface area contributed by atoms with Gasteiger partial charge in [0.25, 0.3) is 5.88 Å². The average molecular weight is 450 g/mol. The lowest BCUT2D eigenvalue weighted by atomic mass is 9.97. The van der Waals surface area contributed by atoms with Crippen LogP contribution in [0.25, 0.3) is 11.3 Å². The van der Waals surface area contributed by atoms with Gasteiger partial charge >= 0.3 is 6.36 Å². The van der Waals surface area contributed by atoms with Gasteiger partial charge in [-0.25, -0.2) is 4.98 Å². The van der Waals surface area contributed by atoms with Crippen molar-refractivity contribution in [3.8, 4) is 28.8 Å². The molecule has 170 valence electrons. The summed E-state index contributed by atoms with van der Waals surface area (Å²) >= 11 is 0. The number of alkyl halides is 3. The van der Waals surface area contributed by atoms with E-state index in [0.717, 1.165) is 18.4 Å². The Morgan fingerprint density at radius 2 is 1.97 bits per heavy atom. The molecule has 0 radical (unpaired) electrons. The van der Waals surface area contributed by atoms with E-state index in [2.05, 4.69) is 14.9 Å². The van der Waals surface area contributed by atoms with Crippen molar-refractivity contribution in [2.45, 2.75) is 37.6 Å². The largest absolute Gasteiger partial charge is 0.573 e. The second-order valence-corrected chi connectivity index (χ2v) is 7.34. The Balaban J connectivity index is 1.34. The van der Waals surface area contributed by atoms with E-state index in [0.29, 0.717) is 29.5 Å². The third kappa shape index (κ3) is 5.70. The van der Waals surface area contributed by atoms with Crippen molar-refractivity contribution in [3.05, 3.63) is 54.2 Å². The van der Waals surface area contributed by atoms with Gasteiger partial charge in [0.05, 0.1) is 0 Å². The van der Waals surface area contributed by atoms with Crippen LogP contribution in [0.4, 0.5) is 13.2 Å². The molecule has 1 saturated carbocycles. The summed E-state index contributed by atoms with van der Waals surface area (Å²) in [7, 11) is 1.51. The van der Waals surface area contributed by atoms with E-state index in [4.69, 9.17) is 18.7 Å². The molecule has 0 amide bonds. The van der Waals surface area contributed by atoms with E-state index >= 15 is 0 Å². The van der Waals surface area contributed by atoms with Crippen molar-refractivity contribution in [2.75, 3.05) is 13.9 Å². The highest BCUT2D eigenvalue weighted by Crippen LogP contribution is 2.38. The number of ether oxygens (including phenoxy) is 4. The fraction of sp³-hybridized carbons (Fsp3) is 0.364. The normalized spacial score (nSPS) is 18.5. The number of rotatable bonds is 8. The zero-order chi connectivity index (χ0) is 22.6. The quantitative estimate of drug-likeness (QED) is 0.429. The molecule has 3 aromatic rings. The summed E-state index contributed by atoms with van der Waals surface area (Å²) in [6.07, 6.45) is -0.907. The summed E-state index contributed by atoms with van der Waals surface area (Å²) in [5.74, 6) is 1.15. The van der Waals surface area contributed by atoms with Crippen molar-refractivity contribution >= 4 is 0 Å². The number of nitrogens with zero attached hydrogens (tertiary/aromatic N) is 2. The lowest BCUT2D eigenvalue weighted by molar-refractivity contribution is -0.274. The van der Waals surface area contributed by atoms with Crippen LogP contribution in [0.3, 0.4) is 0 Å². The first-order valence-electron chi connectivity index (χ1n) is 9.97. The molecule has 4 rings (SSSR count). The summed E-state index contributed by atoms with van der Waals surface area (Å²) in [5.41, 5.74) is 1.51. The van der Waals surface area contributed by atoms with Gasteiger partial charge in [-0.15, -0.1) is 13.2 Å². The molecule has 0 saturated heterocycles. The predicted octanol–water partition coefficient (Wildman–Crippen LogP) is 5.33. The molecule has 7 nitrogen and oxygen atoms in total.